The highest BCUT2D eigenvalue weighted by molar-refractivity contribution is 4.90. The quantitative estimate of drug-likeness (QED) is 0.0985. The molecule has 2 atom stereocenters. The molecule has 0 bridgehead atoms. The highest BCUT2D eigenvalue weighted by Crippen LogP contribution is 2.27. The van der Waals surface area contributed by atoms with Crippen LogP contribution in [0.4, 0.5) is 0 Å². The maximum Gasteiger partial charge on any atom is 0.257 e. The minimum absolute atomic E-state index is 0.621. The van der Waals surface area contributed by atoms with Crippen molar-refractivity contribution in [2.24, 2.45) is 0 Å². The van der Waals surface area contributed by atoms with Crippen molar-refractivity contribution in [2.45, 2.75) is 194 Å². The van der Waals surface area contributed by atoms with Gasteiger partial charge >= 0.3 is 0 Å². The maximum atomic E-state index is 3.67. The first-order chi connectivity index (χ1) is 17.2. The summed E-state index contributed by atoms with van der Waals surface area (Å²) >= 11 is 0. The van der Waals surface area contributed by atoms with Crippen LogP contribution in [0.25, 0.3) is 0 Å². The zero-order chi connectivity index (χ0) is 25.4. The number of aromatic nitrogens is 2. The molecule has 2 nitrogen and oxygen atoms in total. The smallest absolute Gasteiger partial charge is 0.247 e. The molecule has 0 aliphatic heterocycles. The molecule has 0 saturated heterocycles. The van der Waals surface area contributed by atoms with E-state index in [0.29, 0.717) is 12.0 Å². The standard InChI is InChI=1S/C33H64N2/c1-5-8-11-13-14-15-16-17-18-19-20-21-22-23-25-28-32(27-24-12-9-6-2)33-34-29-30-35(33)31(4)26-10-7-3/h29-32H,5-28H2,1-4H3/p+1. The van der Waals surface area contributed by atoms with E-state index in [0.717, 1.165) is 0 Å². The minimum Gasteiger partial charge on any atom is -0.247 e. The molecule has 0 aliphatic rings. The molecule has 0 saturated carbocycles. The van der Waals surface area contributed by atoms with E-state index in [9.17, 15) is 0 Å². The fraction of sp³-hybridized carbons (Fsp3) is 0.909. The molecule has 1 N–H and O–H groups in total. The fourth-order valence-electron chi connectivity index (χ4n) is 5.71. The molecular formula is C33H65N2+. The summed E-state index contributed by atoms with van der Waals surface area (Å²) < 4.78 is 2.57. The van der Waals surface area contributed by atoms with Gasteiger partial charge in [-0.25, -0.2) is 9.55 Å². The van der Waals surface area contributed by atoms with Gasteiger partial charge in [0, 0.05) is 0 Å². The Morgan fingerprint density at radius 2 is 0.943 bits per heavy atom. The molecule has 0 spiro atoms. The molecule has 0 fully saturated rings. The Morgan fingerprint density at radius 1 is 0.543 bits per heavy atom. The summed E-state index contributed by atoms with van der Waals surface area (Å²) in [5.41, 5.74) is 0. The summed E-state index contributed by atoms with van der Waals surface area (Å²) in [6.45, 7) is 9.35. The molecule has 35 heavy (non-hydrogen) atoms. The second-order valence-electron chi connectivity index (χ2n) is 11.5. The van der Waals surface area contributed by atoms with Crippen LogP contribution in [0.3, 0.4) is 0 Å². The van der Waals surface area contributed by atoms with E-state index in [2.05, 4.69) is 49.6 Å². The predicted octanol–water partition coefficient (Wildman–Crippen LogP) is 11.4. The van der Waals surface area contributed by atoms with E-state index in [1.807, 2.05) is 0 Å². The Bertz CT molecular complexity index is 549. The lowest BCUT2D eigenvalue weighted by Gasteiger charge is -2.17. The number of H-pyrrole nitrogens is 1. The first-order valence-electron chi connectivity index (χ1n) is 16.3. The number of unbranched alkanes of at least 4 members (excludes halogenated alkanes) is 18. The molecule has 1 aromatic rings. The lowest BCUT2D eigenvalue weighted by molar-refractivity contribution is -0.727. The molecule has 1 aromatic heterocycles. The van der Waals surface area contributed by atoms with Crippen LogP contribution in [-0.2, 0) is 0 Å². The number of rotatable bonds is 26. The van der Waals surface area contributed by atoms with Crippen LogP contribution in [0.2, 0.25) is 0 Å². The van der Waals surface area contributed by atoms with Gasteiger partial charge < -0.3 is 0 Å². The number of nitrogens with zero attached hydrogens (tertiary/aromatic N) is 1. The van der Waals surface area contributed by atoms with E-state index in [-0.39, 0.29) is 0 Å². The highest BCUT2D eigenvalue weighted by atomic mass is 15.1. The van der Waals surface area contributed by atoms with Gasteiger partial charge in [-0.3, -0.25) is 0 Å². The SMILES string of the molecule is CCCCCCCCCCCCCCCCCC(CCCCCC)c1[nH]cc[n+]1C(C)CCCC. The Kier molecular flexibility index (Phi) is 21.7. The number of hydrogen-bond donors (Lipinski definition) is 1. The second-order valence-corrected chi connectivity index (χ2v) is 11.5. The van der Waals surface area contributed by atoms with E-state index < -0.39 is 0 Å². The molecule has 206 valence electrons. The Morgan fingerprint density at radius 3 is 1.40 bits per heavy atom. The molecular weight excluding hydrogens is 424 g/mol. The van der Waals surface area contributed by atoms with Crippen molar-refractivity contribution in [1.29, 1.82) is 0 Å². The van der Waals surface area contributed by atoms with Gasteiger partial charge in [0.2, 0.25) is 0 Å². The zero-order valence-corrected chi connectivity index (χ0v) is 24.7. The van der Waals surface area contributed by atoms with Crippen molar-refractivity contribution in [1.82, 2.24) is 4.98 Å². The van der Waals surface area contributed by atoms with Gasteiger partial charge in [-0.05, 0) is 32.6 Å². The van der Waals surface area contributed by atoms with Crippen LogP contribution in [0, 0.1) is 0 Å². The van der Waals surface area contributed by atoms with Gasteiger partial charge in [0.05, 0.1) is 12.0 Å². The summed E-state index contributed by atoms with van der Waals surface area (Å²) in [6, 6.07) is 0.621. The molecule has 0 radical (unpaired) electrons. The molecule has 0 amide bonds. The predicted molar refractivity (Wildman–Crippen MR) is 156 cm³/mol. The monoisotopic (exact) mass is 490 g/mol. The maximum absolute atomic E-state index is 3.67. The van der Waals surface area contributed by atoms with Gasteiger partial charge in [-0.15, -0.1) is 0 Å². The van der Waals surface area contributed by atoms with E-state index in [1.165, 1.54) is 160 Å². The topological polar surface area (TPSA) is 19.7 Å². The third-order valence-electron chi connectivity index (χ3n) is 8.14. The Balaban J connectivity index is 2.22. The van der Waals surface area contributed by atoms with Crippen molar-refractivity contribution in [3.05, 3.63) is 18.2 Å². The molecule has 1 heterocycles. The van der Waals surface area contributed by atoms with Crippen LogP contribution in [0.5, 0.6) is 0 Å². The third kappa shape index (κ3) is 16.6. The van der Waals surface area contributed by atoms with Crippen molar-refractivity contribution in [3.8, 4) is 0 Å². The van der Waals surface area contributed by atoms with Crippen LogP contribution in [-0.4, -0.2) is 4.98 Å². The summed E-state index contributed by atoms with van der Waals surface area (Å²) in [7, 11) is 0. The number of hydrogen-bond acceptors (Lipinski definition) is 0. The highest BCUT2D eigenvalue weighted by Gasteiger charge is 2.25. The average Bonchev–Trinajstić information content (AvgIpc) is 3.36. The van der Waals surface area contributed by atoms with E-state index >= 15 is 0 Å². The molecule has 0 aliphatic carbocycles. The first-order valence-corrected chi connectivity index (χ1v) is 16.3. The second kappa shape index (κ2) is 23.6. The molecule has 0 aromatic carbocycles. The summed E-state index contributed by atoms with van der Waals surface area (Å²) in [5.74, 6) is 2.23. The summed E-state index contributed by atoms with van der Waals surface area (Å²) in [6.07, 6.45) is 38.4. The number of imidazole rings is 1. The Hall–Kier alpha value is -0.790. The normalized spacial score (nSPS) is 13.4. The number of nitrogens with one attached hydrogen (secondary N) is 1. The molecule has 2 heteroatoms. The largest absolute Gasteiger partial charge is 0.257 e. The lowest BCUT2D eigenvalue weighted by atomic mass is 9.93. The van der Waals surface area contributed by atoms with E-state index in [1.54, 1.807) is 0 Å². The van der Waals surface area contributed by atoms with Crippen molar-refractivity contribution < 1.29 is 4.57 Å². The third-order valence-corrected chi connectivity index (χ3v) is 8.14. The van der Waals surface area contributed by atoms with Crippen LogP contribution in [0.1, 0.15) is 200 Å². The summed E-state index contributed by atoms with van der Waals surface area (Å²) in [5, 5.41) is 0. The van der Waals surface area contributed by atoms with Crippen molar-refractivity contribution >= 4 is 0 Å². The van der Waals surface area contributed by atoms with Gasteiger partial charge in [0.1, 0.15) is 12.4 Å². The van der Waals surface area contributed by atoms with Crippen LogP contribution in [0.15, 0.2) is 12.4 Å². The molecule has 1 rings (SSSR count). The van der Waals surface area contributed by atoms with Gasteiger partial charge in [0.25, 0.3) is 5.82 Å². The summed E-state index contributed by atoms with van der Waals surface area (Å²) in [4.78, 5) is 3.67. The average molecular weight is 490 g/mol. The first kappa shape index (κ1) is 32.2. The Labute approximate surface area is 221 Å². The van der Waals surface area contributed by atoms with Crippen molar-refractivity contribution in [3.63, 3.8) is 0 Å². The lowest BCUT2D eigenvalue weighted by Crippen LogP contribution is -2.41. The minimum atomic E-state index is 0.621. The van der Waals surface area contributed by atoms with Crippen LogP contribution >= 0.6 is 0 Å². The molecule has 2 unspecified atom stereocenters. The fourth-order valence-corrected chi connectivity index (χ4v) is 5.71. The van der Waals surface area contributed by atoms with Crippen molar-refractivity contribution in [2.75, 3.05) is 0 Å². The van der Waals surface area contributed by atoms with Crippen LogP contribution < -0.4 is 4.57 Å². The van der Waals surface area contributed by atoms with Gasteiger partial charge in [0.15, 0.2) is 0 Å². The zero-order valence-electron chi connectivity index (χ0n) is 24.7. The number of aromatic amines is 1. The van der Waals surface area contributed by atoms with Gasteiger partial charge in [-0.1, -0.05) is 149 Å². The van der Waals surface area contributed by atoms with E-state index in [4.69, 9.17) is 0 Å². The van der Waals surface area contributed by atoms with Gasteiger partial charge in [-0.2, -0.15) is 0 Å².